The summed E-state index contributed by atoms with van der Waals surface area (Å²) in [6.07, 6.45) is 1.09. The van der Waals surface area contributed by atoms with Crippen molar-refractivity contribution >= 4 is 5.69 Å². The van der Waals surface area contributed by atoms with Crippen molar-refractivity contribution in [2.45, 2.75) is 26.4 Å². The second-order valence-corrected chi connectivity index (χ2v) is 4.90. The maximum atomic E-state index is 5.61. The van der Waals surface area contributed by atoms with Crippen molar-refractivity contribution in [3.63, 3.8) is 0 Å². The maximum absolute atomic E-state index is 5.61. The van der Waals surface area contributed by atoms with Gasteiger partial charge in [0.05, 0.1) is 0 Å². The zero-order chi connectivity index (χ0) is 13.7. The van der Waals surface area contributed by atoms with Crippen molar-refractivity contribution in [3.8, 4) is 0 Å². The van der Waals surface area contributed by atoms with Crippen LogP contribution in [0.4, 0.5) is 5.69 Å². The Hall–Kier alpha value is -1.80. The molecule has 0 aliphatic heterocycles. The fourth-order valence-corrected chi connectivity index (χ4v) is 2.13. The Labute approximate surface area is 115 Å². The first-order valence-electron chi connectivity index (χ1n) is 6.81. The standard InChI is InChI=1S/C17H22N2/c1-3-14-4-6-16(7-5-14)13-19(2)17-10-8-15(12-18)9-11-17/h4-11H,3,12-13,18H2,1-2H3. The third-order valence-corrected chi connectivity index (χ3v) is 3.46. The van der Waals surface area contributed by atoms with Gasteiger partial charge in [-0.1, -0.05) is 43.3 Å². The Bertz CT molecular complexity index is 500. The van der Waals surface area contributed by atoms with Gasteiger partial charge in [0, 0.05) is 25.8 Å². The van der Waals surface area contributed by atoms with Gasteiger partial charge in [0.2, 0.25) is 0 Å². The van der Waals surface area contributed by atoms with Crippen LogP contribution < -0.4 is 10.6 Å². The van der Waals surface area contributed by atoms with Gasteiger partial charge in [-0.05, 0) is 35.2 Å². The van der Waals surface area contributed by atoms with Gasteiger partial charge in [0.1, 0.15) is 0 Å². The number of aryl methyl sites for hydroxylation is 1. The molecule has 2 aromatic rings. The van der Waals surface area contributed by atoms with Gasteiger partial charge >= 0.3 is 0 Å². The predicted octanol–water partition coefficient (Wildman–Crippen LogP) is 3.34. The van der Waals surface area contributed by atoms with Crippen LogP contribution in [-0.2, 0) is 19.5 Å². The molecule has 0 heterocycles. The summed E-state index contributed by atoms with van der Waals surface area (Å²) in [5.74, 6) is 0. The Morgan fingerprint density at radius 3 is 1.89 bits per heavy atom. The molecule has 2 N–H and O–H groups in total. The molecular formula is C17H22N2. The molecule has 0 unspecified atom stereocenters. The van der Waals surface area contributed by atoms with Crippen LogP contribution in [0.3, 0.4) is 0 Å². The second kappa shape index (κ2) is 6.39. The molecule has 0 saturated heterocycles. The average Bonchev–Trinajstić information content (AvgIpc) is 2.48. The van der Waals surface area contributed by atoms with Crippen LogP contribution in [0.25, 0.3) is 0 Å². The quantitative estimate of drug-likeness (QED) is 0.886. The van der Waals surface area contributed by atoms with Crippen LogP contribution in [0.1, 0.15) is 23.6 Å². The van der Waals surface area contributed by atoms with E-state index in [4.69, 9.17) is 5.73 Å². The highest BCUT2D eigenvalue weighted by atomic mass is 15.1. The first-order valence-corrected chi connectivity index (χ1v) is 6.81. The number of nitrogens with two attached hydrogens (primary N) is 1. The van der Waals surface area contributed by atoms with Gasteiger partial charge in [0.15, 0.2) is 0 Å². The van der Waals surface area contributed by atoms with Crippen LogP contribution >= 0.6 is 0 Å². The van der Waals surface area contributed by atoms with E-state index < -0.39 is 0 Å². The van der Waals surface area contributed by atoms with Crippen molar-refractivity contribution in [2.75, 3.05) is 11.9 Å². The lowest BCUT2D eigenvalue weighted by Crippen LogP contribution is -2.16. The van der Waals surface area contributed by atoms with Crippen LogP contribution in [0.15, 0.2) is 48.5 Å². The van der Waals surface area contributed by atoms with Gasteiger partial charge in [-0.15, -0.1) is 0 Å². The van der Waals surface area contributed by atoms with E-state index in [2.05, 4.69) is 67.4 Å². The smallest absolute Gasteiger partial charge is 0.0426 e. The molecule has 2 rings (SSSR count). The number of benzene rings is 2. The van der Waals surface area contributed by atoms with E-state index in [1.165, 1.54) is 22.4 Å². The molecule has 0 amide bonds. The first-order chi connectivity index (χ1) is 9.22. The molecular weight excluding hydrogens is 232 g/mol. The molecule has 0 saturated carbocycles. The van der Waals surface area contributed by atoms with Crippen molar-refractivity contribution in [1.29, 1.82) is 0 Å². The van der Waals surface area contributed by atoms with Gasteiger partial charge in [0.25, 0.3) is 0 Å². The minimum absolute atomic E-state index is 0.600. The molecule has 100 valence electrons. The van der Waals surface area contributed by atoms with Crippen LogP contribution in [0, 0.1) is 0 Å². The lowest BCUT2D eigenvalue weighted by atomic mass is 10.1. The summed E-state index contributed by atoms with van der Waals surface area (Å²) >= 11 is 0. The molecule has 2 heteroatoms. The van der Waals surface area contributed by atoms with Gasteiger partial charge in [-0.25, -0.2) is 0 Å². The lowest BCUT2D eigenvalue weighted by Gasteiger charge is -2.20. The second-order valence-electron chi connectivity index (χ2n) is 4.90. The number of anilines is 1. The molecule has 0 fully saturated rings. The molecule has 2 aromatic carbocycles. The Kier molecular flexibility index (Phi) is 4.58. The van der Waals surface area contributed by atoms with Gasteiger partial charge in [-0.3, -0.25) is 0 Å². The zero-order valence-electron chi connectivity index (χ0n) is 11.8. The van der Waals surface area contributed by atoms with E-state index in [0.717, 1.165) is 13.0 Å². The molecule has 0 aliphatic carbocycles. The molecule has 0 bridgehead atoms. The lowest BCUT2D eigenvalue weighted by molar-refractivity contribution is 0.919. The normalized spacial score (nSPS) is 10.5. The van der Waals surface area contributed by atoms with Crippen LogP contribution in [0.5, 0.6) is 0 Å². The highest BCUT2D eigenvalue weighted by Crippen LogP contribution is 2.16. The van der Waals surface area contributed by atoms with Crippen molar-refractivity contribution in [1.82, 2.24) is 0 Å². The average molecular weight is 254 g/mol. The molecule has 0 atom stereocenters. The highest BCUT2D eigenvalue weighted by molar-refractivity contribution is 5.47. The Balaban J connectivity index is 2.04. The fourth-order valence-electron chi connectivity index (χ4n) is 2.13. The van der Waals surface area contributed by atoms with Crippen LogP contribution in [0.2, 0.25) is 0 Å². The minimum Gasteiger partial charge on any atom is -0.370 e. The largest absolute Gasteiger partial charge is 0.370 e. The number of hydrogen-bond acceptors (Lipinski definition) is 2. The number of nitrogens with zero attached hydrogens (tertiary/aromatic N) is 1. The van der Waals surface area contributed by atoms with Crippen molar-refractivity contribution < 1.29 is 0 Å². The summed E-state index contributed by atoms with van der Waals surface area (Å²) in [7, 11) is 2.12. The number of hydrogen-bond donors (Lipinski definition) is 1. The van der Waals surface area contributed by atoms with Gasteiger partial charge in [-0.2, -0.15) is 0 Å². The van der Waals surface area contributed by atoms with Crippen molar-refractivity contribution in [2.24, 2.45) is 5.73 Å². The molecule has 0 aliphatic rings. The van der Waals surface area contributed by atoms with Gasteiger partial charge < -0.3 is 10.6 Å². The third kappa shape index (κ3) is 3.58. The summed E-state index contributed by atoms with van der Waals surface area (Å²) in [4.78, 5) is 2.25. The maximum Gasteiger partial charge on any atom is 0.0426 e. The first kappa shape index (κ1) is 13.6. The van der Waals surface area contributed by atoms with E-state index in [0.29, 0.717) is 6.54 Å². The minimum atomic E-state index is 0.600. The molecule has 0 aromatic heterocycles. The predicted molar refractivity (Wildman–Crippen MR) is 82.3 cm³/mol. The van der Waals surface area contributed by atoms with E-state index in [-0.39, 0.29) is 0 Å². The molecule has 0 spiro atoms. The highest BCUT2D eigenvalue weighted by Gasteiger charge is 2.02. The Morgan fingerprint density at radius 2 is 1.37 bits per heavy atom. The third-order valence-electron chi connectivity index (χ3n) is 3.46. The topological polar surface area (TPSA) is 29.3 Å². The summed E-state index contributed by atoms with van der Waals surface area (Å²) < 4.78 is 0. The number of rotatable bonds is 5. The van der Waals surface area contributed by atoms with E-state index in [1.807, 2.05) is 0 Å². The molecule has 2 nitrogen and oxygen atoms in total. The Morgan fingerprint density at radius 1 is 0.842 bits per heavy atom. The van der Waals surface area contributed by atoms with E-state index >= 15 is 0 Å². The summed E-state index contributed by atoms with van der Waals surface area (Å²) in [6, 6.07) is 17.3. The van der Waals surface area contributed by atoms with E-state index in [9.17, 15) is 0 Å². The summed E-state index contributed by atoms with van der Waals surface area (Å²) in [5.41, 5.74) is 10.7. The molecule has 0 radical (unpaired) electrons. The summed E-state index contributed by atoms with van der Waals surface area (Å²) in [6.45, 7) is 3.70. The van der Waals surface area contributed by atoms with Crippen molar-refractivity contribution in [3.05, 3.63) is 65.2 Å². The summed E-state index contributed by atoms with van der Waals surface area (Å²) in [5, 5.41) is 0. The fraction of sp³-hybridized carbons (Fsp3) is 0.294. The monoisotopic (exact) mass is 254 g/mol. The molecule has 19 heavy (non-hydrogen) atoms. The zero-order valence-corrected chi connectivity index (χ0v) is 11.8. The van der Waals surface area contributed by atoms with Crippen LogP contribution in [-0.4, -0.2) is 7.05 Å². The SMILES string of the molecule is CCc1ccc(CN(C)c2ccc(CN)cc2)cc1. The van der Waals surface area contributed by atoms with E-state index in [1.54, 1.807) is 0 Å².